The van der Waals surface area contributed by atoms with Gasteiger partial charge in [-0.05, 0) is 29.8 Å². The van der Waals surface area contributed by atoms with Crippen molar-refractivity contribution in [1.82, 2.24) is 5.32 Å². The first-order valence-electron chi connectivity index (χ1n) is 7.01. The summed E-state index contributed by atoms with van der Waals surface area (Å²) in [7, 11) is 1.37. The minimum atomic E-state index is -0.952. The summed E-state index contributed by atoms with van der Waals surface area (Å²) >= 11 is 0. The zero-order valence-electron chi connectivity index (χ0n) is 12.8. The zero-order chi connectivity index (χ0) is 17.5. The molecule has 24 heavy (non-hydrogen) atoms. The van der Waals surface area contributed by atoms with Crippen molar-refractivity contribution >= 4 is 11.9 Å². The fourth-order valence-electron chi connectivity index (χ4n) is 1.85. The number of carbonyl (C=O) groups is 2. The van der Waals surface area contributed by atoms with E-state index in [2.05, 4.69) is 5.32 Å². The second-order valence-electron chi connectivity index (χ2n) is 4.83. The topological polar surface area (TPSA) is 64.6 Å². The Kier molecular flexibility index (Phi) is 5.83. The summed E-state index contributed by atoms with van der Waals surface area (Å²) in [6, 6.07) is 9.26. The SMILES string of the molecule is COc1ccc(C(=O)OCC(=O)NCc2ccc(F)cc2)c(F)c1. The summed E-state index contributed by atoms with van der Waals surface area (Å²) in [5.74, 6) is -2.42. The van der Waals surface area contributed by atoms with Gasteiger partial charge in [0.1, 0.15) is 17.4 Å². The number of halogens is 2. The molecule has 0 saturated carbocycles. The lowest BCUT2D eigenvalue weighted by Gasteiger charge is -2.08. The zero-order valence-corrected chi connectivity index (χ0v) is 12.8. The Bertz CT molecular complexity index is 732. The van der Waals surface area contributed by atoms with E-state index in [0.29, 0.717) is 5.56 Å². The number of hydrogen-bond acceptors (Lipinski definition) is 4. The second kappa shape index (κ2) is 8.05. The molecule has 0 unspecified atom stereocenters. The van der Waals surface area contributed by atoms with Crippen molar-refractivity contribution in [2.24, 2.45) is 0 Å². The van der Waals surface area contributed by atoms with Gasteiger partial charge in [-0.2, -0.15) is 0 Å². The Morgan fingerprint density at radius 2 is 1.79 bits per heavy atom. The van der Waals surface area contributed by atoms with Crippen LogP contribution in [0.5, 0.6) is 5.75 Å². The van der Waals surface area contributed by atoms with E-state index in [-0.39, 0.29) is 23.7 Å². The predicted molar refractivity (Wildman–Crippen MR) is 81.5 cm³/mol. The van der Waals surface area contributed by atoms with Crippen molar-refractivity contribution in [2.45, 2.75) is 6.54 Å². The molecule has 0 saturated heterocycles. The molecule has 0 aromatic heterocycles. The lowest BCUT2D eigenvalue weighted by Crippen LogP contribution is -2.28. The Morgan fingerprint density at radius 1 is 1.08 bits per heavy atom. The summed E-state index contributed by atoms with van der Waals surface area (Å²) in [6.07, 6.45) is 0. The molecule has 0 spiro atoms. The molecular formula is C17H15F2NO4. The molecule has 1 N–H and O–H groups in total. The predicted octanol–water partition coefficient (Wildman–Crippen LogP) is 2.45. The van der Waals surface area contributed by atoms with Gasteiger partial charge in [-0.1, -0.05) is 12.1 Å². The number of hydrogen-bond donors (Lipinski definition) is 1. The van der Waals surface area contributed by atoms with Crippen molar-refractivity contribution in [3.63, 3.8) is 0 Å². The molecule has 0 atom stereocenters. The number of rotatable bonds is 6. The maximum absolute atomic E-state index is 13.7. The van der Waals surface area contributed by atoms with Crippen molar-refractivity contribution < 1.29 is 27.8 Å². The number of methoxy groups -OCH3 is 1. The van der Waals surface area contributed by atoms with Crippen LogP contribution in [0.3, 0.4) is 0 Å². The van der Waals surface area contributed by atoms with Crippen molar-refractivity contribution in [1.29, 1.82) is 0 Å². The fourth-order valence-corrected chi connectivity index (χ4v) is 1.85. The number of esters is 1. The quantitative estimate of drug-likeness (QED) is 0.824. The molecule has 0 fully saturated rings. The van der Waals surface area contributed by atoms with Gasteiger partial charge in [0.2, 0.25) is 0 Å². The molecule has 2 aromatic carbocycles. The molecule has 0 bridgehead atoms. The number of ether oxygens (including phenoxy) is 2. The number of amides is 1. The number of nitrogens with one attached hydrogen (secondary N) is 1. The van der Waals surface area contributed by atoms with E-state index in [4.69, 9.17) is 9.47 Å². The Hall–Kier alpha value is -2.96. The molecule has 2 aromatic rings. The van der Waals surface area contributed by atoms with Crippen LogP contribution < -0.4 is 10.1 Å². The van der Waals surface area contributed by atoms with Crippen LogP contribution in [-0.4, -0.2) is 25.6 Å². The van der Waals surface area contributed by atoms with E-state index >= 15 is 0 Å². The third-order valence-corrected chi connectivity index (χ3v) is 3.13. The van der Waals surface area contributed by atoms with E-state index in [0.717, 1.165) is 6.07 Å². The van der Waals surface area contributed by atoms with Gasteiger partial charge in [0, 0.05) is 12.6 Å². The molecule has 0 heterocycles. The molecule has 7 heteroatoms. The second-order valence-corrected chi connectivity index (χ2v) is 4.83. The molecular weight excluding hydrogens is 320 g/mol. The molecule has 0 aliphatic heterocycles. The summed E-state index contributed by atoms with van der Waals surface area (Å²) in [4.78, 5) is 23.4. The van der Waals surface area contributed by atoms with Crippen LogP contribution in [0.2, 0.25) is 0 Å². The highest BCUT2D eigenvalue weighted by molar-refractivity contribution is 5.91. The lowest BCUT2D eigenvalue weighted by molar-refractivity contribution is -0.124. The minimum Gasteiger partial charge on any atom is -0.497 e. The molecule has 1 amide bonds. The van der Waals surface area contributed by atoms with Crippen LogP contribution in [-0.2, 0) is 16.1 Å². The standard InChI is InChI=1S/C17H15F2NO4/c1-23-13-6-7-14(15(19)8-13)17(22)24-10-16(21)20-9-11-2-4-12(18)5-3-11/h2-8H,9-10H2,1H3,(H,20,21). The molecule has 126 valence electrons. The highest BCUT2D eigenvalue weighted by Crippen LogP contribution is 2.16. The highest BCUT2D eigenvalue weighted by Gasteiger charge is 2.15. The van der Waals surface area contributed by atoms with Gasteiger partial charge in [0.15, 0.2) is 6.61 Å². The van der Waals surface area contributed by atoms with Crippen LogP contribution in [0.4, 0.5) is 8.78 Å². The van der Waals surface area contributed by atoms with Gasteiger partial charge >= 0.3 is 5.97 Å². The minimum absolute atomic E-state index is 0.160. The normalized spacial score (nSPS) is 10.1. The highest BCUT2D eigenvalue weighted by atomic mass is 19.1. The van der Waals surface area contributed by atoms with Gasteiger partial charge in [0.25, 0.3) is 5.91 Å². The molecule has 0 radical (unpaired) electrons. The van der Waals surface area contributed by atoms with Crippen LogP contribution in [0.1, 0.15) is 15.9 Å². The smallest absolute Gasteiger partial charge is 0.341 e. The van der Waals surface area contributed by atoms with Crippen molar-refractivity contribution in [2.75, 3.05) is 13.7 Å². The van der Waals surface area contributed by atoms with Crippen LogP contribution in [0.15, 0.2) is 42.5 Å². The van der Waals surface area contributed by atoms with Gasteiger partial charge in [0.05, 0.1) is 12.7 Å². The van der Waals surface area contributed by atoms with Crippen LogP contribution >= 0.6 is 0 Å². The summed E-state index contributed by atoms with van der Waals surface area (Å²) in [5, 5.41) is 2.51. The Balaban J connectivity index is 1.82. The lowest BCUT2D eigenvalue weighted by atomic mass is 10.2. The molecule has 0 aliphatic rings. The van der Waals surface area contributed by atoms with E-state index in [1.165, 1.54) is 43.5 Å². The first-order chi connectivity index (χ1) is 11.5. The molecule has 5 nitrogen and oxygen atoms in total. The van der Waals surface area contributed by atoms with E-state index < -0.39 is 24.3 Å². The average Bonchev–Trinajstić information content (AvgIpc) is 2.59. The van der Waals surface area contributed by atoms with Gasteiger partial charge in [-0.3, -0.25) is 4.79 Å². The van der Waals surface area contributed by atoms with Crippen LogP contribution in [0, 0.1) is 11.6 Å². The first kappa shape index (κ1) is 17.4. The van der Waals surface area contributed by atoms with E-state index in [9.17, 15) is 18.4 Å². The number of carbonyl (C=O) groups excluding carboxylic acids is 2. The van der Waals surface area contributed by atoms with Gasteiger partial charge < -0.3 is 14.8 Å². The molecule has 0 aliphatic carbocycles. The first-order valence-corrected chi connectivity index (χ1v) is 7.01. The van der Waals surface area contributed by atoms with Crippen molar-refractivity contribution in [3.05, 3.63) is 65.2 Å². The van der Waals surface area contributed by atoms with Crippen molar-refractivity contribution in [3.8, 4) is 5.75 Å². The van der Waals surface area contributed by atoms with E-state index in [1.54, 1.807) is 0 Å². The maximum atomic E-state index is 13.7. The molecule has 2 rings (SSSR count). The van der Waals surface area contributed by atoms with Gasteiger partial charge in [-0.25, -0.2) is 13.6 Å². The largest absolute Gasteiger partial charge is 0.497 e. The summed E-state index contributed by atoms with van der Waals surface area (Å²) in [6.45, 7) is -0.390. The number of benzene rings is 2. The summed E-state index contributed by atoms with van der Waals surface area (Å²) in [5.41, 5.74) is 0.402. The third kappa shape index (κ3) is 4.77. The Labute approximate surface area is 137 Å². The Morgan fingerprint density at radius 3 is 2.42 bits per heavy atom. The average molecular weight is 335 g/mol. The van der Waals surface area contributed by atoms with Crippen LogP contribution in [0.25, 0.3) is 0 Å². The van der Waals surface area contributed by atoms with E-state index in [1.807, 2.05) is 0 Å². The fraction of sp³-hybridized carbons (Fsp3) is 0.176. The monoisotopic (exact) mass is 335 g/mol. The maximum Gasteiger partial charge on any atom is 0.341 e. The third-order valence-electron chi connectivity index (χ3n) is 3.13. The van der Waals surface area contributed by atoms with Gasteiger partial charge in [-0.15, -0.1) is 0 Å². The summed E-state index contributed by atoms with van der Waals surface area (Å²) < 4.78 is 36.0.